The van der Waals surface area contributed by atoms with E-state index < -0.39 is 11.9 Å². The number of carboxylic acids is 1. The Morgan fingerprint density at radius 3 is 2.55 bits per heavy atom. The number of hydrogen-bond acceptors (Lipinski definition) is 6. The second kappa shape index (κ2) is 6.05. The predicted molar refractivity (Wildman–Crippen MR) is 73.9 cm³/mol. The lowest BCUT2D eigenvalue weighted by Crippen LogP contribution is -2.31. The van der Waals surface area contributed by atoms with Gasteiger partial charge in [-0.05, 0) is 24.1 Å². The molecule has 7 nitrogen and oxygen atoms in total. The third kappa shape index (κ3) is 2.88. The van der Waals surface area contributed by atoms with Gasteiger partial charge < -0.3 is 19.7 Å². The fraction of sp³-hybridized carbons (Fsp3) is 0.400. The molecule has 0 aromatic heterocycles. The summed E-state index contributed by atoms with van der Waals surface area (Å²) in [6, 6.07) is 3.03. The fourth-order valence-electron chi connectivity index (χ4n) is 2.65. The van der Waals surface area contributed by atoms with Crippen molar-refractivity contribution in [3.05, 3.63) is 23.3 Å². The first kappa shape index (κ1) is 15.8. The highest BCUT2D eigenvalue weighted by Gasteiger charge is 2.45. The van der Waals surface area contributed by atoms with Gasteiger partial charge in [-0.15, -0.1) is 0 Å². The lowest BCUT2D eigenvalue weighted by molar-refractivity contribution is -0.141. The molecule has 2 atom stereocenters. The average molecular weight is 308 g/mol. The molecule has 7 heteroatoms. The van der Waals surface area contributed by atoms with Crippen LogP contribution in [-0.4, -0.2) is 41.7 Å². The van der Waals surface area contributed by atoms with Crippen LogP contribution >= 0.6 is 0 Å². The van der Waals surface area contributed by atoms with Crippen molar-refractivity contribution in [2.45, 2.75) is 13.3 Å². The number of ether oxygens (including phenoxy) is 2. The number of aliphatic carboxylic acids is 1. The molecular weight excluding hydrogens is 292 g/mol. The lowest BCUT2D eigenvalue weighted by Gasteiger charge is -2.23. The van der Waals surface area contributed by atoms with E-state index in [4.69, 9.17) is 19.4 Å². The first-order chi connectivity index (χ1) is 10.3. The average Bonchev–Trinajstić information content (AvgIpc) is 2.81. The Balaban J connectivity index is 0.000000396. The Kier molecular flexibility index (Phi) is 4.35. The summed E-state index contributed by atoms with van der Waals surface area (Å²) in [5.74, 6) is -1.83. The highest BCUT2D eigenvalue weighted by Crippen LogP contribution is 2.39. The maximum Gasteiger partial charge on any atom is 0.310 e. The Morgan fingerprint density at radius 1 is 1.32 bits per heavy atom. The van der Waals surface area contributed by atoms with Gasteiger partial charge in [-0.2, -0.15) is 0 Å². The third-order valence-corrected chi connectivity index (χ3v) is 3.64. The van der Waals surface area contributed by atoms with Gasteiger partial charge >= 0.3 is 5.97 Å². The topological polar surface area (TPSA) is 110 Å². The van der Waals surface area contributed by atoms with E-state index in [1.165, 1.54) is 13.2 Å². The molecule has 2 aliphatic rings. The molecule has 1 aromatic carbocycles. The zero-order chi connectivity index (χ0) is 16.4. The van der Waals surface area contributed by atoms with Crippen LogP contribution in [0.15, 0.2) is 12.1 Å². The van der Waals surface area contributed by atoms with E-state index in [0.29, 0.717) is 17.7 Å². The van der Waals surface area contributed by atoms with Crippen LogP contribution in [-0.2, 0) is 20.7 Å². The summed E-state index contributed by atoms with van der Waals surface area (Å²) in [6.45, 7) is 1.23. The van der Waals surface area contributed by atoms with Crippen LogP contribution in [0.25, 0.3) is 0 Å². The highest BCUT2D eigenvalue weighted by molar-refractivity contribution is 6.04. The van der Waals surface area contributed by atoms with E-state index >= 15 is 0 Å². The van der Waals surface area contributed by atoms with Gasteiger partial charge in [0, 0.05) is 12.5 Å². The van der Waals surface area contributed by atoms with Crippen LogP contribution in [0.4, 0.5) is 0 Å². The van der Waals surface area contributed by atoms with Crippen LogP contribution in [0.1, 0.15) is 22.8 Å². The number of benzene rings is 1. The minimum Gasteiger partial charge on any atom is -0.504 e. The van der Waals surface area contributed by atoms with Crippen molar-refractivity contribution in [3.63, 3.8) is 0 Å². The Morgan fingerprint density at radius 2 is 1.95 bits per heavy atom. The summed E-state index contributed by atoms with van der Waals surface area (Å²) < 4.78 is 9.94. The molecule has 1 aliphatic heterocycles. The predicted octanol–water partition coefficient (Wildman–Crippen LogP) is 1.02. The van der Waals surface area contributed by atoms with Gasteiger partial charge in [0.2, 0.25) is 0 Å². The van der Waals surface area contributed by atoms with Crippen LogP contribution in [0.3, 0.4) is 0 Å². The number of Topliss-reactive ketones (excluding diaryl/α,β-unsaturated/α-hetero) is 1. The summed E-state index contributed by atoms with van der Waals surface area (Å²) in [6.07, 6.45) is 0.460. The second-order valence-corrected chi connectivity index (χ2v) is 5.11. The zero-order valence-corrected chi connectivity index (χ0v) is 12.2. The summed E-state index contributed by atoms with van der Waals surface area (Å²) in [7, 11) is 1.44. The number of phenolic OH excluding ortho intramolecular Hbond substituents is 1. The van der Waals surface area contributed by atoms with Gasteiger partial charge in [0.1, 0.15) is 6.61 Å². The van der Waals surface area contributed by atoms with Gasteiger partial charge in [-0.3, -0.25) is 14.4 Å². The molecule has 0 spiro atoms. The van der Waals surface area contributed by atoms with E-state index in [-0.39, 0.29) is 30.0 Å². The summed E-state index contributed by atoms with van der Waals surface area (Å²) in [5, 5.41) is 17.1. The van der Waals surface area contributed by atoms with Crippen LogP contribution in [0.2, 0.25) is 0 Å². The first-order valence-electron chi connectivity index (χ1n) is 6.65. The van der Waals surface area contributed by atoms with E-state index in [0.717, 1.165) is 12.5 Å². The SMILES string of the molecule is CC(=O)O.COc1cc2c(cc1O)C(=O)C1COC(=O)C1C2. The fourth-order valence-corrected chi connectivity index (χ4v) is 2.65. The molecular formula is C15H16O7. The molecule has 0 amide bonds. The van der Waals surface area contributed by atoms with Crippen molar-refractivity contribution in [2.75, 3.05) is 13.7 Å². The molecule has 22 heavy (non-hydrogen) atoms. The molecule has 118 valence electrons. The van der Waals surface area contributed by atoms with Crippen LogP contribution in [0.5, 0.6) is 11.5 Å². The number of fused-ring (bicyclic) bond motifs is 2. The number of hydrogen-bond donors (Lipinski definition) is 2. The summed E-state index contributed by atoms with van der Waals surface area (Å²) in [5.41, 5.74) is 1.20. The molecule has 0 radical (unpaired) electrons. The van der Waals surface area contributed by atoms with Gasteiger partial charge in [0.05, 0.1) is 18.9 Å². The lowest BCUT2D eigenvalue weighted by atomic mass is 9.76. The molecule has 2 N–H and O–H groups in total. The van der Waals surface area contributed by atoms with Gasteiger partial charge in [0.25, 0.3) is 5.97 Å². The molecule has 0 bridgehead atoms. The number of esters is 1. The van der Waals surface area contributed by atoms with Gasteiger partial charge in [0.15, 0.2) is 17.3 Å². The standard InChI is InChI=1S/C13H12O5.C2H4O2/c1-17-11-3-6-2-8-9(5-18-13(8)16)12(15)7(6)4-10(11)14;1-2(3)4/h3-4,8-9,14H,2,5H2,1H3;1H3,(H,3,4). The minimum atomic E-state index is -0.833. The molecule has 1 aliphatic carbocycles. The molecule has 1 aromatic rings. The Bertz CT molecular complexity index is 631. The third-order valence-electron chi connectivity index (χ3n) is 3.64. The maximum absolute atomic E-state index is 12.2. The molecule has 1 fully saturated rings. The summed E-state index contributed by atoms with van der Waals surface area (Å²) in [4.78, 5) is 32.7. The quantitative estimate of drug-likeness (QED) is 0.745. The van der Waals surface area contributed by atoms with Crippen molar-refractivity contribution in [2.24, 2.45) is 11.8 Å². The number of phenols is 1. The molecule has 1 heterocycles. The van der Waals surface area contributed by atoms with Gasteiger partial charge in [-0.1, -0.05) is 0 Å². The zero-order valence-electron chi connectivity index (χ0n) is 12.2. The molecule has 3 rings (SSSR count). The van der Waals surface area contributed by atoms with Crippen LogP contribution in [0, 0.1) is 11.8 Å². The molecule has 2 unspecified atom stereocenters. The smallest absolute Gasteiger partial charge is 0.310 e. The van der Waals surface area contributed by atoms with Crippen molar-refractivity contribution in [3.8, 4) is 11.5 Å². The number of carbonyl (C=O) groups excluding carboxylic acids is 2. The first-order valence-corrected chi connectivity index (χ1v) is 6.65. The van der Waals surface area contributed by atoms with E-state index in [2.05, 4.69) is 0 Å². The Labute approximate surface area is 126 Å². The Hall–Kier alpha value is -2.57. The number of carboxylic acid groups (broad SMARTS) is 1. The van der Waals surface area contributed by atoms with Crippen molar-refractivity contribution < 1.29 is 34.1 Å². The minimum absolute atomic E-state index is 0.0618. The maximum atomic E-state index is 12.2. The van der Waals surface area contributed by atoms with E-state index in [9.17, 15) is 14.7 Å². The number of methoxy groups -OCH3 is 1. The van der Waals surface area contributed by atoms with E-state index in [1.54, 1.807) is 6.07 Å². The van der Waals surface area contributed by atoms with Crippen molar-refractivity contribution in [1.29, 1.82) is 0 Å². The largest absolute Gasteiger partial charge is 0.504 e. The number of aromatic hydroxyl groups is 1. The number of rotatable bonds is 1. The van der Waals surface area contributed by atoms with Crippen LogP contribution < -0.4 is 4.74 Å². The van der Waals surface area contributed by atoms with Gasteiger partial charge in [-0.25, -0.2) is 0 Å². The van der Waals surface area contributed by atoms with E-state index in [1.807, 2.05) is 0 Å². The van der Waals surface area contributed by atoms with Crippen molar-refractivity contribution >= 4 is 17.7 Å². The highest BCUT2D eigenvalue weighted by atomic mass is 16.5. The monoisotopic (exact) mass is 308 g/mol. The normalized spacial score (nSPS) is 21.9. The molecule has 0 saturated carbocycles. The number of cyclic esters (lactones) is 1. The number of carbonyl (C=O) groups is 3. The summed E-state index contributed by atoms with van der Waals surface area (Å²) >= 11 is 0. The molecule has 1 saturated heterocycles. The second-order valence-electron chi connectivity index (χ2n) is 5.11. The number of ketones is 1. The van der Waals surface area contributed by atoms with Crippen molar-refractivity contribution in [1.82, 2.24) is 0 Å².